The molecule has 0 aromatic heterocycles. The van der Waals surface area contributed by atoms with Crippen LogP contribution in [0.2, 0.25) is 0 Å². The van der Waals surface area contributed by atoms with Crippen LogP contribution < -0.4 is 10.5 Å². The summed E-state index contributed by atoms with van der Waals surface area (Å²) in [4.78, 5) is 0.119. The maximum atomic E-state index is 12.7. The van der Waals surface area contributed by atoms with Crippen LogP contribution in [-0.4, -0.2) is 32.9 Å². The maximum absolute atomic E-state index is 12.7. The summed E-state index contributed by atoms with van der Waals surface area (Å²) in [5.74, 6) is 0.326. The lowest BCUT2D eigenvalue weighted by Gasteiger charge is -2.25. The molecule has 0 aliphatic carbocycles. The Morgan fingerprint density at radius 3 is 2.50 bits per heavy atom. The van der Waals surface area contributed by atoms with E-state index in [9.17, 15) is 8.42 Å². The molecule has 0 aliphatic rings. The third-order valence-corrected chi connectivity index (χ3v) is 5.53. The highest BCUT2D eigenvalue weighted by molar-refractivity contribution is 7.89. The predicted molar refractivity (Wildman–Crippen MR) is 81.5 cm³/mol. The number of anilines is 1. The van der Waals surface area contributed by atoms with Crippen molar-refractivity contribution < 1.29 is 13.2 Å². The molecule has 1 rings (SSSR count). The Kier molecular flexibility index (Phi) is 5.42. The topological polar surface area (TPSA) is 72.6 Å². The fourth-order valence-corrected chi connectivity index (χ4v) is 3.59. The molecule has 1 atom stereocenters. The molecule has 0 radical (unpaired) electrons. The molecule has 0 saturated heterocycles. The Morgan fingerprint density at radius 1 is 1.40 bits per heavy atom. The number of aryl methyl sites for hydroxylation is 1. The van der Waals surface area contributed by atoms with E-state index in [0.717, 1.165) is 18.4 Å². The summed E-state index contributed by atoms with van der Waals surface area (Å²) in [6.07, 6.45) is 1.73. The van der Waals surface area contributed by atoms with Gasteiger partial charge in [0.05, 0.1) is 7.11 Å². The molecule has 20 heavy (non-hydrogen) atoms. The van der Waals surface area contributed by atoms with Gasteiger partial charge in [-0.3, -0.25) is 0 Å². The molecular weight excluding hydrogens is 276 g/mol. The van der Waals surface area contributed by atoms with E-state index in [2.05, 4.69) is 0 Å². The highest BCUT2D eigenvalue weighted by Gasteiger charge is 2.28. The second-order valence-electron chi connectivity index (χ2n) is 5.02. The molecule has 0 bridgehead atoms. The van der Waals surface area contributed by atoms with Crippen molar-refractivity contribution in [2.45, 2.75) is 44.6 Å². The van der Waals surface area contributed by atoms with Crippen molar-refractivity contribution in [3.05, 3.63) is 17.7 Å². The minimum atomic E-state index is -3.61. The summed E-state index contributed by atoms with van der Waals surface area (Å²) >= 11 is 0. The molecule has 0 amide bonds. The van der Waals surface area contributed by atoms with Gasteiger partial charge in [0.25, 0.3) is 0 Å². The molecule has 6 heteroatoms. The Bertz CT molecular complexity index is 570. The lowest BCUT2D eigenvalue weighted by atomic mass is 10.2. The standard InChI is InChI=1S/C14H24N2O3S/c1-6-7-11(3)16(4)20(17,18)14-9-12(15)10(2)8-13(14)19-5/h8-9,11H,6-7,15H2,1-5H3. The molecule has 1 unspecified atom stereocenters. The number of nitrogen functional groups attached to an aromatic ring is 1. The van der Waals surface area contributed by atoms with Gasteiger partial charge in [0, 0.05) is 18.8 Å². The summed E-state index contributed by atoms with van der Waals surface area (Å²) in [7, 11) is -0.568. The quantitative estimate of drug-likeness (QED) is 0.819. The summed E-state index contributed by atoms with van der Waals surface area (Å²) < 4.78 is 31.9. The van der Waals surface area contributed by atoms with Crippen LogP contribution in [0, 0.1) is 6.92 Å². The third kappa shape index (κ3) is 3.24. The monoisotopic (exact) mass is 300 g/mol. The van der Waals surface area contributed by atoms with E-state index < -0.39 is 10.0 Å². The zero-order chi connectivity index (χ0) is 15.5. The summed E-state index contributed by atoms with van der Waals surface area (Å²) in [5, 5.41) is 0. The zero-order valence-electron chi connectivity index (χ0n) is 12.8. The van der Waals surface area contributed by atoms with Gasteiger partial charge in [-0.1, -0.05) is 13.3 Å². The Balaban J connectivity index is 3.31. The third-order valence-electron chi connectivity index (χ3n) is 3.54. The zero-order valence-corrected chi connectivity index (χ0v) is 13.6. The number of hydrogen-bond acceptors (Lipinski definition) is 4. The second-order valence-corrected chi connectivity index (χ2v) is 6.98. The van der Waals surface area contributed by atoms with Crippen LogP contribution in [0.4, 0.5) is 5.69 Å². The van der Waals surface area contributed by atoms with Crippen LogP contribution >= 0.6 is 0 Å². The molecule has 1 aromatic carbocycles. The predicted octanol–water partition coefficient (Wildman–Crippen LogP) is 2.39. The van der Waals surface area contributed by atoms with E-state index in [0.29, 0.717) is 11.4 Å². The van der Waals surface area contributed by atoms with Crippen LogP contribution in [-0.2, 0) is 10.0 Å². The van der Waals surface area contributed by atoms with Crippen molar-refractivity contribution in [1.29, 1.82) is 0 Å². The SMILES string of the molecule is CCCC(C)N(C)S(=O)(=O)c1cc(N)c(C)cc1OC. The van der Waals surface area contributed by atoms with Gasteiger partial charge in [-0.15, -0.1) is 0 Å². The lowest BCUT2D eigenvalue weighted by Crippen LogP contribution is -2.35. The molecule has 0 fully saturated rings. The minimum Gasteiger partial charge on any atom is -0.495 e. The first-order chi connectivity index (χ1) is 9.25. The van der Waals surface area contributed by atoms with Gasteiger partial charge in [-0.05, 0) is 38.0 Å². The van der Waals surface area contributed by atoms with E-state index in [1.807, 2.05) is 20.8 Å². The van der Waals surface area contributed by atoms with Gasteiger partial charge in [0.1, 0.15) is 10.6 Å². The Labute approximate surface area is 121 Å². The van der Waals surface area contributed by atoms with E-state index in [1.54, 1.807) is 13.1 Å². The van der Waals surface area contributed by atoms with Gasteiger partial charge in [-0.2, -0.15) is 4.31 Å². The number of nitrogens with zero attached hydrogens (tertiary/aromatic N) is 1. The average molecular weight is 300 g/mol. The Morgan fingerprint density at radius 2 is 2.00 bits per heavy atom. The normalized spacial score (nSPS) is 13.5. The first-order valence-electron chi connectivity index (χ1n) is 6.67. The summed E-state index contributed by atoms with van der Waals surface area (Å²) in [6, 6.07) is 3.05. The minimum absolute atomic E-state index is 0.0720. The number of benzene rings is 1. The van der Waals surface area contributed by atoms with Gasteiger partial charge < -0.3 is 10.5 Å². The van der Waals surface area contributed by atoms with Gasteiger partial charge in [-0.25, -0.2) is 8.42 Å². The molecule has 2 N–H and O–H groups in total. The first kappa shape index (κ1) is 16.8. The smallest absolute Gasteiger partial charge is 0.246 e. The largest absolute Gasteiger partial charge is 0.495 e. The van der Waals surface area contributed by atoms with Crippen LogP contribution in [0.15, 0.2) is 17.0 Å². The highest BCUT2D eigenvalue weighted by Crippen LogP contribution is 2.31. The van der Waals surface area contributed by atoms with E-state index in [1.165, 1.54) is 17.5 Å². The number of nitrogens with two attached hydrogens (primary N) is 1. The van der Waals surface area contributed by atoms with Crippen molar-refractivity contribution in [2.75, 3.05) is 19.9 Å². The summed E-state index contributed by atoms with van der Waals surface area (Å²) in [6.45, 7) is 5.74. The van der Waals surface area contributed by atoms with Crippen LogP contribution in [0.1, 0.15) is 32.3 Å². The fraction of sp³-hybridized carbons (Fsp3) is 0.571. The van der Waals surface area contributed by atoms with Crippen LogP contribution in [0.5, 0.6) is 5.75 Å². The van der Waals surface area contributed by atoms with Gasteiger partial charge in [0.15, 0.2) is 0 Å². The van der Waals surface area contributed by atoms with Crippen molar-refractivity contribution in [3.63, 3.8) is 0 Å². The molecule has 0 aliphatic heterocycles. The molecular formula is C14H24N2O3S. The number of sulfonamides is 1. The molecule has 114 valence electrons. The molecule has 1 aromatic rings. The van der Waals surface area contributed by atoms with Crippen molar-refractivity contribution in [3.8, 4) is 5.75 Å². The average Bonchev–Trinajstić information content (AvgIpc) is 2.40. The first-order valence-corrected chi connectivity index (χ1v) is 8.11. The molecule has 5 nitrogen and oxygen atoms in total. The van der Waals surface area contributed by atoms with Crippen LogP contribution in [0.3, 0.4) is 0 Å². The summed E-state index contributed by atoms with van der Waals surface area (Å²) in [5.41, 5.74) is 7.08. The Hall–Kier alpha value is -1.27. The molecule has 0 heterocycles. The molecule has 0 saturated carbocycles. The lowest BCUT2D eigenvalue weighted by molar-refractivity contribution is 0.362. The van der Waals surface area contributed by atoms with Crippen molar-refractivity contribution in [1.82, 2.24) is 4.31 Å². The van der Waals surface area contributed by atoms with E-state index in [4.69, 9.17) is 10.5 Å². The van der Waals surface area contributed by atoms with Gasteiger partial charge in [0.2, 0.25) is 10.0 Å². The fourth-order valence-electron chi connectivity index (χ4n) is 2.03. The molecule has 0 spiro atoms. The van der Waals surface area contributed by atoms with Crippen LogP contribution in [0.25, 0.3) is 0 Å². The van der Waals surface area contributed by atoms with E-state index in [-0.39, 0.29) is 10.9 Å². The maximum Gasteiger partial charge on any atom is 0.246 e. The number of methoxy groups -OCH3 is 1. The van der Waals surface area contributed by atoms with E-state index >= 15 is 0 Å². The van der Waals surface area contributed by atoms with Crippen molar-refractivity contribution in [2.24, 2.45) is 0 Å². The van der Waals surface area contributed by atoms with Crippen molar-refractivity contribution >= 4 is 15.7 Å². The number of hydrogen-bond donors (Lipinski definition) is 1. The second kappa shape index (κ2) is 6.45. The highest BCUT2D eigenvalue weighted by atomic mass is 32.2. The number of rotatable bonds is 6. The number of ether oxygens (including phenoxy) is 1. The van der Waals surface area contributed by atoms with Gasteiger partial charge >= 0.3 is 0 Å².